The van der Waals surface area contributed by atoms with Crippen molar-refractivity contribution in [2.24, 2.45) is 5.92 Å². The van der Waals surface area contributed by atoms with E-state index in [1.807, 2.05) is 24.3 Å². The van der Waals surface area contributed by atoms with Gasteiger partial charge in [0, 0.05) is 61.2 Å². The van der Waals surface area contributed by atoms with E-state index in [4.69, 9.17) is 0 Å². The smallest absolute Gasteiger partial charge is 0.290 e. The monoisotopic (exact) mass is 603 g/mol. The van der Waals surface area contributed by atoms with Crippen LogP contribution in [0.5, 0.6) is 0 Å². The SMILES string of the molecule is CC=CC(=O)CCC(=O)NC1CCC(C(=O)NC2CCN(c3ccnc4ccc(C=C5SC(=O)NC5=O)cc34)CC2)CC1. The lowest BCUT2D eigenvalue weighted by Gasteiger charge is -2.36. The van der Waals surface area contributed by atoms with Crippen LogP contribution in [0.15, 0.2) is 47.5 Å². The van der Waals surface area contributed by atoms with Crippen molar-refractivity contribution in [1.82, 2.24) is 20.9 Å². The van der Waals surface area contributed by atoms with E-state index in [0.717, 1.165) is 85.5 Å². The van der Waals surface area contributed by atoms with Crippen molar-refractivity contribution in [2.45, 2.75) is 70.4 Å². The number of rotatable bonds is 9. The first-order valence-electron chi connectivity index (χ1n) is 14.9. The Hall–Kier alpha value is -3.99. The van der Waals surface area contributed by atoms with Crippen LogP contribution in [0.1, 0.15) is 63.9 Å². The average molecular weight is 604 g/mol. The van der Waals surface area contributed by atoms with Gasteiger partial charge in [-0.1, -0.05) is 12.1 Å². The van der Waals surface area contributed by atoms with Crippen LogP contribution in [0.3, 0.4) is 0 Å². The Morgan fingerprint density at radius 3 is 2.44 bits per heavy atom. The van der Waals surface area contributed by atoms with Crippen LogP contribution in [0.2, 0.25) is 0 Å². The number of anilines is 1. The molecule has 0 atom stereocenters. The summed E-state index contributed by atoms with van der Waals surface area (Å²) in [6, 6.07) is 7.97. The Bertz CT molecular complexity index is 1470. The van der Waals surface area contributed by atoms with Gasteiger partial charge in [0.2, 0.25) is 11.8 Å². The standard InChI is InChI=1S/C32H37N5O5S/c1-2-3-24(38)9-11-29(39)34-22-7-5-21(6-8-22)30(40)35-23-13-16-37(17-14-23)27-12-15-33-26-10-4-20(18-25(26)27)19-28-31(41)36-32(42)43-28/h2-4,10,12,15,18-19,21-23H,5-9,11,13-14,16-17H2,1H3,(H,34,39)(H,35,40)(H,36,41,42). The van der Waals surface area contributed by atoms with E-state index in [1.54, 1.807) is 25.3 Å². The summed E-state index contributed by atoms with van der Waals surface area (Å²) in [6.45, 7) is 3.36. The van der Waals surface area contributed by atoms with Gasteiger partial charge < -0.3 is 15.5 Å². The van der Waals surface area contributed by atoms with Gasteiger partial charge in [-0.15, -0.1) is 0 Å². The van der Waals surface area contributed by atoms with Crippen LogP contribution in [0.25, 0.3) is 17.0 Å². The molecule has 0 radical (unpaired) electrons. The van der Waals surface area contributed by atoms with E-state index in [9.17, 15) is 24.0 Å². The lowest BCUT2D eigenvalue weighted by atomic mass is 9.85. The van der Waals surface area contributed by atoms with Gasteiger partial charge >= 0.3 is 0 Å². The molecule has 2 aliphatic heterocycles. The highest BCUT2D eigenvalue weighted by Gasteiger charge is 2.30. The third-order valence-electron chi connectivity index (χ3n) is 8.28. The summed E-state index contributed by atoms with van der Waals surface area (Å²) in [7, 11) is 0. The van der Waals surface area contributed by atoms with Crippen LogP contribution in [0, 0.1) is 5.92 Å². The molecule has 3 N–H and O–H groups in total. The minimum absolute atomic E-state index is 0.0462. The lowest BCUT2D eigenvalue weighted by molar-refractivity contribution is -0.127. The van der Waals surface area contributed by atoms with E-state index < -0.39 is 0 Å². The molecule has 1 aromatic heterocycles. The van der Waals surface area contributed by atoms with Gasteiger partial charge in [0.25, 0.3) is 11.1 Å². The Morgan fingerprint density at radius 1 is 1.00 bits per heavy atom. The average Bonchev–Trinajstić information content (AvgIpc) is 3.32. The quantitative estimate of drug-likeness (QED) is 0.362. The van der Waals surface area contributed by atoms with Crippen molar-refractivity contribution in [3.8, 4) is 0 Å². The number of aromatic nitrogens is 1. The van der Waals surface area contributed by atoms with Gasteiger partial charge in [0.15, 0.2) is 5.78 Å². The molecule has 5 rings (SSSR count). The number of carbonyl (C=O) groups excluding carboxylic acids is 5. The maximum atomic E-state index is 13.1. The van der Waals surface area contributed by atoms with Gasteiger partial charge in [-0.2, -0.15) is 0 Å². The number of carbonyl (C=O) groups is 5. The van der Waals surface area contributed by atoms with Crippen LogP contribution in [0.4, 0.5) is 10.5 Å². The third kappa shape index (κ3) is 7.90. The number of hydrogen-bond donors (Lipinski definition) is 3. The maximum absolute atomic E-state index is 13.1. The number of allylic oxidation sites excluding steroid dienone is 2. The van der Waals surface area contributed by atoms with Gasteiger partial charge in [-0.25, -0.2) is 0 Å². The second-order valence-corrected chi connectivity index (χ2v) is 12.3. The first-order chi connectivity index (χ1) is 20.8. The first kappa shape index (κ1) is 30.5. The second-order valence-electron chi connectivity index (χ2n) is 11.3. The van der Waals surface area contributed by atoms with Crippen LogP contribution in [-0.4, -0.2) is 58.9 Å². The molecular weight excluding hydrogens is 566 g/mol. The van der Waals surface area contributed by atoms with E-state index in [2.05, 4.69) is 25.8 Å². The fourth-order valence-corrected chi connectivity index (χ4v) is 6.66. The molecule has 1 aromatic carbocycles. The Labute approximate surface area is 255 Å². The summed E-state index contributed by atoms with van der Waals surface area (Å²) < 4.78 is 0. The summed E-state index contributed by atoms with van der Waals surface area (Å²) in [5.41, 5.74) is 2.73. The number of thioether (sulfide) groups is 1. The molecule has 10 nitrogen and oxygen atoms in total. The number of amides is 4. The van der Waals surface area contributed by atoms with Crippen molar-refractivity contribution >= 4 is 63.2 Å². The highest BCUT2D eigenvalue weighted by Crippen LogP contribution is 2.32. The zero-order valence-electron chi connectivity index (χ0n) is 24.3. The van der Waals surface area contributed by atoms with Gasteiger partial charge in [-0.05, 0) is 93.1 Å². The van der Waals surface area contributed by atoms with Crippen LogP contribution < -0.4 is 20.9 Å². The van der Waals surface area contributed by atoms with Crippen molar-refractivity contribution in [1.29, 1.82) is 0 Å². The highest BCUT2D eigenvalue weighted by molar-refractivity contribution is 8.18. The van der Waals surface area contributed by atoms with Crippen molar-refractivity contribution < 1.29 is 24.0 Å². The molecule has 3 heterocycles. The zero-order chi connectivity index (χ0) is 30.3. The number of nitrogens with zero attached hydrogens (tertiary/aromatic N) is 2. The number of hydrogen-bond acceptors (Lipinski definition) is 8. The molecule has 43 heavy (non-hydrogen) atoms. The molecule has 1 saturated carbocycles. The topological polar surface area (TPSA) is 138 Å². The fraction of sp³-hybridized carbons (Fsp3) is 0.438. The van der Waals surface area contributed by atoms with E-state index in [-0.39, 0.29) is 59.6 Å². The minimum atomic E-state index is -0.379. The van der Waals surface area contributed by atoms with E-state index >= 15 is 0 Å². The Kier molecular flexibility index (Phi) is 9.91. The molecule has 3 fully saturated rings. The largest absolute Gasteiger partial charge is 0.371 e. The number of nitrogens with one attached hydrogen (secondary N) is 3. The van der Waals surface area contributed by atoms with Gasteiger partial charge in [0.05, 0.1) is 10.4 Å². The summed E-state index contributed by atoms with van der Waals surface area (Å²) in [5, 5.41) is 9.19. The molecule has 2 aromatic rings. The summed E-state index contributed by atoms with van der Waals surface area (Å²) in [4.78, 5) is 67.6. The molecular formula is C32H37N5O5S. The molecule has 1 aliphatic carbocycles. The molecule has 0 spiro atoms. The van der Waals surface area contributed by atoms with Crippen LogP contribution in [-0.2, 0) is 19.2 Å². The third-order valence-corrected chi connectivity index (χ3v) is 9.09. The maximum Gasteiger partial charge on any atom is 0.290 e. The lowest BCUT2D eigenvalue weighted by Crippen LogP contribution is -2.47. The number of benzene rings is 1. The number of fused-ring (bicyclic) bond motifs is 1. The number of ketones is 1. The molecule has 0 bridgehead atoms. The minimum Gasteiger partial charge on any atom is -0.371 e. The highest BCUT2D eigenvalue weighted by atomic mass is 32.2. The molecule has 11 heteroatoms. The van der Waals surface area contributed by atoms with E-state index in [1.165, 1.54) is 6.08 Å². The zero-order valence-corrected chi connectivity index (χ0v) is 25.1. The summed E-state index contributed by atoms with van der Waals surface area (Å²) in [6.07, 6.45) is 11.8. The Balaban J connectivity index is 1.10. The fourth-order valence-electron chi connectivity index (χ4n) is 5.98. The number of pyridine rings is 1. The predicted octanol–water partition coefficient (Wildman–Crippen LogP) is 4.24. The first-order valence-corrected chi connectivity index (χ1v) is 15.7. The summed E-state index contributed by atoms with van der Waals surface area (Å²) >= 11 is 0.900. The van der Waals surface area contributed by atoms with Gasteiger partial charge in [-0.3, -0.25) is 34.3 Å². The summed E-state index contributed by atoms with van der Waals surface area (Å²) in [5.74, 6) is -0.482. The van der Waals surface area contributed by atoms with Crippen molar-refractivity contribution in [3.05, 3.63) is 53.1 Å². The van der Waals surface area contributed by atoms with Gasteiger partial charge in [0.1, 0.15) is 0 Å². The van der Waals surface area contributed by atoms with Crippen molar-refractivity contribution in [3.63, 3.8) is 0 Å². The number of imide groups is 1. The molecule has 0 unspecified atom stereocenters. The molecule has 4 amide bonds. The molecule has 3 aliphatic rings. The molecule has 2 saturated heterocycles. The molecule has 226 valence electrons. The Morgan fingerprint density at radius 2 is 1.74 bits per heavy atom. The number of piperidine rings is 1. The second kappa shape index (κ2) is 14.0. The predicted molar refractivity (Wildman–Crippen MR) is 167 cm³/mol. The van der Waals surface area contributed by atoms with Crippen molar-refractivity contribution in [2.75, 3.05) is 18.0 Å². The normalized spacial score (nSPS) is 22.3. The van der Waals surface area contributed by atoms with E-state index in [0.29, 0.717) is 4.91 Å². The van der Waals surface area contributed by atoms with Crippen LogP contribution >= 0.6 is 11.8 Å².